The van der Waals surface area contributed by atoms with E-state index in [4.69, 9.17) is 11.6 Å². The van der Waals surface area contributed by atoms with E-state index in [1.807, 2.05) is 24.3 Å². The maximum absolute atomic E-state index is 12.7. The van der Waals surface area contributed by atoms with Crippen LogP contribution in [-0.4, -0.2) is 60.9 Å². The van der Waals surface area contributed by atoms with Crippen molar-refractivity contribution in [2.45, 2.75) is 39.5 Å². The standard InChI is InChI=1S/C20H30ClN3O2/c1-3-5-10-23(11-6-4-2)19(25)20(26)24-14-12-22(13-15-24)18-9-7-8-17(21)16-18/h7-9,16H,3-6,10-15H2,1-2H3. The third kappa shape index (κ3) is 5.63. The molecule has 1 aromatic rings. The molecule has 0 aromatic heterocycles. The van der Waals surface area contributed by atoms with Crippen LogP contribution in [0.3, 0.4) is 0 Å². The molecule has 1 aliphatic heterocycles. The Morgan fingerprint density at radius 3 is 2.19 bits per heavy atom. The van der Waals surface area contributed by atoms with Crippen LogP contribution in [0.15, 0.2) is 24.3 Å². The van der Waals surface area contributed by atoms with E-state index in [1.54, 1.807) is 9.80 Å². The van der Waals surface area contributed by atoms with Gasteiger partial charge < -0.3 is 14.7 Å². The first-order chi connectivity index (χ1) is 12.6. The van der Waals surface area contributed by atoms with Crippen molar-refractivity contribution in [3.63, 3.8) is 0 Å². The van der Waals surface area contributed by atoms with Crippen LogP contribution in [0.2, 0.25) is 5.02 Å². The lowest BCUT2D eigenvalue weighted by atomic mass is 10.2. The predicted octanol–water partition coefficient (Wildman–Crippen LogP) is 3.42. The molecule has 0 N–H and O–H groups in total. The van der Waals surface area contributed by atoms with E-state index in [2.05, 4.69) is 18.7 Å². The summed E-state index contributed by atoms with van der Waals surface area (Å²) in [5, 5.41) is 0.707. The van der Waals surface area contributed by atoms with Gasteiger partial charge in [0.2, 0.25) is 0 Å². The Hall–Kier alpha value is -1.75. The van der Waals surface area contributed by atoms with Crippen molar-refractivity contribution in [1.29, 1.82) is 0 Å². The largest absolute Gasteiger partial charge is 0.368 e. The zero-order valence-electron chi connectivity index (χ0n) is 15.9. The molecule has 0 radical (unpaired) electrons. The highest BCUT2D eigenvalue weighted by atomic mass is 35.5. The minimum Gasteiger partial charge on any atom is -0.368 e. The highest BCUT2D eigenvalue weighted by molar-refractivity contribution is 6.35. The lowest BCUT2D eigenvalue weighted by molar-refractivity contribution is -0.152. The molecule has 5 nitrogen and oxygen atoms in total. The van der Waals surface area contributed by atoms with Crippen molar-refractivity contribution in [1.82, 2.24) is 9.80 Å². The normalized spacial score (nSPS) is 14.4. The molecule has 2 amide bonds. The number of unbranched alkanes of at least 4 members (excludes halogenated alkanes) is 2. The van der Waals surface area contributed by atoms with Crippen molar-refractivity contribution in [2.24, 2.45) is 0 Å². The molecule has 26 heavy (non-hydrogen) atoms. The third-order valence-electron chi connectivity index (χ3n) is 4.77. The quantitative estimate of drug-likeness (QED) is 0.682. The number of anilines is 1. The number of hydrogen-bond acceptors (Lipinski definition) is 3. The second kappa shape index (κ2) is 10.4. The lowest BCUT2D eigenvalue weighted by Gasteiger charge is -2.36. The van der Waals surface area contributed by atoms with Gasteiger partial charge >= 0.3 is 11.8 Å². The number of rotatable bonds is 7. The van der Waals surface area contributed by atoms with Gasteiger partial charge in [0.05, 0.1) is 0 Å². The van der Waals surface area contributed by atoms with Gasteiger partial charge in [-0.2, -0.15) is 0 Å². The number of amides is 2. The van der Waals surface area contributed by atoms with Crippen LogP contribution < -0.4 is 4.90 Å². The molecule has 1 heterocycles. The topological polar surface area (TPSA) is 43.9 Å². The number of hydrogen-bond donors (Lipinski definition) is 0. The summed E-state index contributed by atoms with van der Waals surface area (Å²) in [6.45, 7) is 8.08. The number of benzene rings is 1. The molecular weight excluding hydrogens is 350 g/mol. The maximum atomic E-state index is 12.7. The highest BCUT2D eigenvalue weighted by Gasteiger charge is 2.29. The highest BCUT2D eigenvalue weighted by Crippen LogP contribution is 2.21. The van der Waals surface area contributed by atoms with Crippen LogP contribution in [0.25, 0.3) is 0 Å². The molecule has 144 valence electrons. The Morgan fingerprint density at radius 2 is 1.65 bits per heavy atom. The summed E-state index contributed by atoms with van der Waals surface area (Å²) < 4.78 is 0. The first-order valence-corrected chi connectivity index (χ1v) is 10.0. The number of halogens is 1. The van der Waals surface area contributed by atoms with Crippen LogP contribution in [0.4, 0.5) is 5.69 Å². The first-order valence-electron chi connectivity index (χ1n) is 9.65. The van der Waals surface area contributed by atoms with E-state index < -0.39 is 0 Å². The fourth-order valence-electron chi connectivity index (χ4n) is 3.12. The molecule has 1 fully saturated rings. The van der Waals surface area contributed by atoms with Gasteiger partial charge in [0.15, 0.2) is 0 Å². The average molecular weight is 380 g/mol. The molecule has 0 spiro atoms. The SMILES string of the molecule is CCCCN(CCCC)C(=O)C(=O)N1CCN(c2cccc(Cl)c2)CC1. The van der Waals surface area contributed by atoms with Crippen LogP contribution in [0, 0.1) is 0 Å². The van der Waals surface area contributed by atoms with Gasteiger partial charge in [-0.3, -0.25) is 9.59 Å². The fraction of sp³-hybridized carbons (Fsp3) is 0.600. The first kappa shape index (κ1) is 20.6. The van der Waals surface area contributed by atoms with Crippen molar-refractivity contribution in [2.75, 3.05) is 44.2 Å². The number of piperazine rings is 1. The molecule has 0 aliphatic carbocycles. The number of nitrogens with zero attached hydrogens (tertiary/aromatic N) is 3. The van der Waals surface area contributed by atoms with E-state index in [0.29, 0.717) is 44.3 Å². The lowest BCUT2D eigenvalue weighted by Crippen LogP contribution is -2.53. The van der Waals surface area contributed by atoms with Gasteiger partial charge in [0, 0.05) is 50.0 Å². The minimum atomic E-state index is -0.358. The van der Waals surface area contributed by atoms with E-state index >= 15 is 0 Å². The molecule has 6 heteroatoms. The molecule has 1 aliphatic rings. The van der Waals surface area contributed by atoms with Gasteiger partial charge in [0.25, 0.3) is 0 Å². The van der Waals surface area contributed by atoms with E-state index in [1.165, 1.54) is 0 Å². The Balaban J connectivity index is 1.92. The summed E-state index contributed by atoms with van der Waals surface area (Å²) in [5.41, 5.74) is 1.06. The Bertz CT molecular complexity index is 592. The molecule has 2 rings (SSSR count). The van der Waals surface area contributed by atoms with Crippen LogP contribution in [0.1, 0.15) is 39.5 Å². The Labute approximate surface area is 161 Å². The summed E-state index contributed by atoms with van der Waals surface area (Å²) in [6.07, 6.45) is 3.90. The third-order valence-corrected chi connectivity index (χ3v) is 5.01. The molecule has 0 bridgehead atoms. The van der Waals surface area contributed by atoms with E-state index in [0.717, 1.165) is 31.4 Å². The zero-order valence-corrected chi connectivity index (χ0v) is 16.7. The molecular formula is C20H30ClN3O2. The predicted molar refractivity (Wildman–Crippen MR) is 107 cm³/mol. The maximum Gasteiger partial charge on any atom is 0.312 e. The molecule has 0 saturated carbocycles. The minimum absolute atomic E-state index is 0.344. The molecule has 0 atom stereocenters. The number of carbonyl (C=O) groups excluding carboxylic acids is 2. The van der Waals surface area contributed by atoms with Gasteiger partial charge in [-0.1, -0.05) is 44.4 Å². The second-order valence-electron chi connectivity index (χ2n) is 6.76. The number of carbonyl (C=O) groups is 2. The van der Waals surface area contributed by atoms with Crippen LogP contribution in [0.5, 0.6) is 0 Å². The Kier molecular flexibility index (Phi) is 8.23. The van der Waals surface area contributed by atoms with Gasteiger partial charge in [-0.25, -0.2) is 0 Å². The fourth-order valence-corrected chi connectivity index (χ4v) is 3.31. The van der Waals surface area contributed by atoms with Crippen LogP contribution in [-0.2, 0) is 9.59 Å². The van der Waals surface area contributed by atoms with Crippen LogP contribution >= 0.6 is 11.6 Å². The average Bonchev–Trinajstić information content (AvgIpc) is 2.67. The van der Waals surface area contributed by atoms with Crippen molar-refractivity contribution >= 4 is 29.1 Å². The van der Waals surface area contributed by atoms with Gasteiger partial charge in [0.1, 0.15) is 0 Å². The van der Waals surface area contributed by atoms with E-state index in [-0.39, 0.29) is 11.8 Å². The van der Waals surface area contributed by atoms with Crippen molar-refractivity contribution in [3.8, 4) is 0 Å². The summed E-state index contributed by atoms with van der Waals surface area (Å²) in [5.74, 6) is -0.703. The smallest absolute Gasteiger partial charge is 0.312 e. The molecule has 1 saturated heterocycles. The summed E-state index contributed by atoms with van der Waals surface area (Å²) in [4.78, 5) is 30.9. The summed E-state index contributed by atoms with van der Waals surface area (Å²) >= 11 is 6.06. The summed E-state index contributed by atoms with van der Waals surface area (Å²) in [6, 6.07) is 7.73. The van der Waals surface area contributed by atoms with Gasteiger partial charge in [-0.15, -0.1) is 0 Å². The monoisotopic (exact) mass is 379 g/mol. The van der Waals surface area contributed by atoms with Crippen molar-refractivity contribution in [3.05, 3.63) is 29.3 Å². The van der Waals surface area contributed by atoms with Crippen molar-refractivity contribution < 1.29 is 9.59 Å². The molecule has 1 aromatic carbocycles. The second-order valence-corrected chi connectivity index (χ2v) is 7.19. The summed E-state index contributed by atoms with van der Waals surface area (Å²) in [7, 11) is 0. The van der Waals surface area contributed by atoms with E-state index in [9.17, 15) is 9.59 Å². The molecule has 0 unspecified atom stereocenters. The van der Waals surface area contributed by atoms with Gasteiger partial charge in [-0.05, 0) is 31.0 Å². The Morgan fingerprint density at radius 1 is 1.04 bits per heavy atom. The zero-order chi connectivity index (χ0) is 18.9.